The van der Waals surface area contributed by atoms with Crippen LogP contribution in [0.5, 0.6) is 0 Å². The largest absolute Gasteiger partial charge is 0.478 e. The van der Waals surface area contributed by atoms with E-state index in [1.807, 2.05) is 0 Å². The van der Waals surface area contributed by atoms with Gasteiger partial charge in [-0.25, -0.2) is 4.79 Å². The first-order valence-corrected chi connectivity index (χ1v) is 6.95. The van der Waals surface area contributed by atoms with Crippen LogP contribution in [-0.4, -0.2) is 39.8 Å². The molecule has 3 N–H and O–H groups in total. The van der Waals surface area contributed by atoms with Crippen molar-refractivity contribution in [1.29, 1.82) is 0 Å². The Morgan fingerprint density at radius 3 is 2.68 bits per heavy atom. The van der Waals surface area contributed by atoms with Crippen LogP contribution in [0, 0.1) is 6.92 Å². The highest BCUT2D eigenvalue weighted by molar-refractivity contribution is 7.90. The Balaban J connectivity index is 2.88. The van der Waals surface area contributed by atoms with Gasteiger partial charge in [0.15, 0.2) is 0 Å². The highest BCUT2D eigenvalue weighted by Gasteiger charge is 2.14. The molecule has 1 aromatic rings. The molecule has 0 aromatic heterocycles. The van der Waals surface area contributed by atoms with E-state index in [0.29, 0.717) is 5.56 Å². The molecule has 0 radical (unpaired) electrons. The Kier molecular flexibility index (Phi) is 5.28. The fourth-order valence-corrected chi connectivity index (χ4v) is 2.37. The molecule has 0 atom stereocenters. The van der Waals surface area contributed by atoms with Crippen LogP contribution in [-0.2, 0) is 14.9 Å². The zero-order valence-electron chi connectivity index (χ0n) is 10.6. The summed E-state index contributed by atoms with van der Waals surface area (Å²) >= 11 is 0. The molecule has 19 heavy (non-hydrogen) atoms. The second kappa shape index (κ2) is 6.50. The smallest absolute Gasteiger partial charge is 0.336 e. The lowest BCUT2D eigenvalue weighted by molar-refractivity contribution is 0.0696. The Hall–Kier alpha value is -1.64. The van der Waals surface area contributed by atoms with Gasteiger partial charge in [0.2, 0.25) is 0 Å². The average Bonchev–Trinajstić information content (AvgIpc) is 2.31. The van der Waals surface area contributed by atoms with Crippen LogP contribution in [0.2, 0.25) is 0 Å². The maximum atomic E-state index is 11.7. The number of ether oxygens (including phenoxy) is 1. The molecule has 0 fully saturated rings. The van der Waals surface area contributed by atoms with Gasteiger partial charge in [0.25, 0.3) is 10.2 Å². The molecular weight excluding hydrogens is 272 g/mol. The molecule has 0 saturated carbocycles. The predicted molar refractivity (Wildman–Crippen MR) is 70.6 cm³/mol. The first-order valence-electron chi connectivity index (χ1n) is 5.46. The summed E-state index contributed by atoms with van der Waals surface area (Å²) in [6, 6.07) is 4.38. The van der Waals surface area contributed by atoms with Gasteiger partial charge < -0.3 is 9.84 Å². The van der Waals surface area contributed by atoms with E-state index in [2.05, 4.69) is 9.44 Å². The quantitative estimate of drug-likeness (QED) is 0.637. The molecule has 7 nitrogen and oxygen atoms in total. The van der Waals surface area contributed by atoms with Crippen molar-refractivity contribution >= 4 is 21.9 Å². The lowest BCUT2D eigenvalue weighted by Gasteiger charge is -2.12. The highest BCUT2D eigenvalue weighted by atomic mass is 32.2. The minimum absolute atomic E-state index is 0.0529. The van der Waals surface area contributed by atoms with Crippen molar-refractivity contribution in [2.45, 2.75) is 6.92 Å². The second-order valence-electron chi connectivity index (χ2n) is 3.78. The van der Waals surface area contributed by atoms with E-state index >= 15 is 0 Å². The molecular formula is C11H16N2O5S. The van der Waals surface area contributed by atoms with Gasteiger partial charge in [0.05, 0.1) is 17.9 Å². The molecule has 1 aromatic carbocycles. The van der Waals surface area contributed by atoms with E-state index in [1.165, 1.54) is 32.2 Å². The third-order valence-electron chi connectivity index (χ3n) is 2.41. The Morgan fingerprint density at radius 2 is 2.11 bits per heavy atom. The maximum absolute atomic E-state index is 11.7. The van der Waals surface area contributed by atoms with E-state index in [0.717, 1.165) is 0 Å². The van der Waals surface area contributed by atoms with Crippen LogP contribution in [0.3, 0.4) is 0 Å². The second-order valence-corrected chi connectivity index (χ2v) is 5.28. The van der Waals surface area contributed by atoms with Crippen molar-refractivity contribution in [2.24, 2.45) is 0 Å². The van der Waals surface area contributed by atoms with Crippen molar-refractivity contribution in [3.63, 3.8) is 0 Å². The van der Waals surface area contributed by atoms with Gasteiger partial charge in [-0.2, -0.15) is 13.1 Å². The summed E-state index contributed by atoms with van der Waals surface area (Å²) in [5, 5.41) is 8.95. The third-order valence-corrected chi connectivity index (χ3v) is 3.48. The number of hydrogen-bond acceptors (Lipinski definition) is 4. The van der Waals surface area contributed by atoms with Gasteiger partial charge in [-0.05, 0) is 24.6 Å². The summed E-state index contributed by atoms with van der Waals surface area (Å²) in [7, 11) is -2.28. The normalized spacial score (nSPS) is 11.3. The first kappa shape index (κ1) is 15.4. The first-order chi connectivity index (χ1) is 8.87. The van der Waals surface area contributed by atoms with Crippen LogP contribution in [0.25, 0.3) is 0 Å². The third kappa shape index (κ3) is 4.51. The summed E-state index contributed by atoms with van der Waals surface area (Å²) in [6.07, 6.45) is 0. The zero-order chi connectivity index (χ0) is 14.5. The van der Waals surface area contributed by atoms with E-state index in [1.54, 1.807) is 0 Å². The molecule has 0 saturated heterocycles. The summed E-state index contributed by atoms with van der Waals surface area (Å²) in [4.78, 5) is 10.9. The summed E-state index contributed by atoms with van der Waals surface area (Å²) in [5.74, 6) is -1.11. The van der Waals surface area contributed by atoms with Gasteiger partial charge in [-0.15, -0.1) is 0 Å². The van der Waals surface area contributed by atoms with Crippen molar-refractivity contribution in [2.75, 3.05) is 25.0 Å². The summed E-state index contributed by atoms with van der Waals surface area (Å²) in [6.45, 7) is 1.91. The number of rotatable bonds is 7. The average molecular weight is 288 g/mol. The molecule has 0 spiro atoms. The number of aromatic carboxylic acids is 1. The number of nitrogens with one attached hydrogen (secondary N) is 2. The lowest BCUT2D eigenvalue weighted by Crippen LogP contribution is -2.32. The number of benzene rings is 1. The number of methoxy groups -OCH3 is 1. The molecule has 0 unspecified atom stereocenters. The van der Waals surface area contributed by atoms with Gasteiger partial charge in [-0.1, -0.05) is 6.07 Å². The maximum Gasteiger partial charge on any atom is 0.336 e. The van der Waals surface area contributed by atoms with Crippen LogP contribution >= 0.6 is 0 Å². The topological polar surface area (TPSA) is 105 Å². The van der Waals surface area contributed by atoms with Crippen molar-refractivity contribution in [3.05, 3.63) is 29.3 Å². The number of hydrogen-bond donors (Lipinski definition) is 3. The summed E-state index contributed by atoms with van der Waals surface area (Å²) in [5.41, 5.74) is 0.633. The molecule has 0 aliphatic carbocycles. The van der Waals surface area contributed by atoms with Crippen LogP contribution < -0.4 is 9.44 Å². The van der Waals surface area contributed by atoms with E-state index in [9.17, 15) is 13.2 Å². The van der Waals surface area contributed by atoms with Crippen molar-refractivity contribution < 1.29 is 23.1 Å². The minimum atomic E-state index is -3.74. The minimum Gasteiger partial charge on any atom is -0.478 e. The molecule has 0 aliphatic rings. The molecule has 1 rings (SSSR count). The molecule has 0 bridgehead atoms. The van der Waals surface area contributed by atoms with Gasteiger partial charge in [-0.3, -0.25) is 4.72 Å². The van der Waals surface area contributed by atoms with Crippen molar-refractivity contribution in [1.82, 2.24) is 4.72 Å². The number of carboxylic acid groups (broad SMARTS) is 1. The Bertz CT molecular complexity index is 556. The van der Waals surface area contributed by atoms with Crippen molar-refractivity contribution in [3.8, 4) is 0 Å². The number of carboxylic acids is 1. The highest BCUT2D eigenvalue weighted by Crippen LogP contribution is 2.19. The fraction of sp³-hybridized carbons (Fsp3) is 0.364. The lowest BCUT2D eigenvalue weighted by atomic mass is 10.1. The Labute approximate surface area is 111 Å². The van der Waals surface area contributed by atoms with E-state index < -0.39 is 16.2 Å². The van der Waals surface area contributed by atoms with E-state index in [4.69, 9.17) is 9.84 Å². The fourth-order valence-electron chi connectivity index (χ4n) is 1.44. The molecule has 0 heterocycles. The van der Waals surface area contributed by atoms with Crippen LogP contribution in [0.1, 0.15) is 15.9 Å². The van der Waals surface area contributed by atoms with Gasteiger partial charge >= 0.3 is 5.97 Å². The van der Waals surface area contributed by atoms with Crippen LogP contribution in [0.4, 0.5) is 5.69 Å². The Morgan fingerprint density at radius 1 is 1.42 bits per heavy atom. The predicted octanol–water partition coefficient (Wildman–Crippen LogP) is 0.586. The number of anilines is 1. The summed E-state index contributed by atoms with van der Waals surface area (Å²) < 4.78 is 32.7. The molecule has 8 heteroatoms. The van der Waals surface area contributed by atoms with Gasteiger partial charge in [0, 0.05) is 13.7 Å². The zero-order valence-corrected chi connectivity index (χ0v) is 11.5. The van der Waals surface area contributed by atoms with E-state index in [-0.39, 0.29) is 24.4 Å². The monoisotopic (exact) mass is 288 g/mol. The molecule has 0 aliphatic heterocycles. The van der Waals surface area contributed by atoms with Gasteiger partial charge in [0.1, 0.15) is 0 Å². The molecule has 0 amide bonds. The SMILES string of the molecule is COCCNS(=O)(=O)Nc1cccc(C(=O)O)c1C. The standard InChI is InChI=1S/C11H16N2O5S/c1-8-9(11(14)15)4-3-5-10(8)13-19(16,17)12-6-7-18-2/h3-5,12-13H,6-7H2,1-2H3,(H,14,15). The number of carbonyl (C=O) groups is 1. The molecule has 106 valence electrons. The van der Waals surface area contributed by atoms with Crippen LogP contribution in [0.15, 0.2) is 18.2 Å².